The second-order valence-electron chi connectivity index (χ2n) is 4.93. The Morgan fingerprint density at radius 1 is 1.37 bits per heavy atom. The Hall–Kier alpha value is -1.62. The fourth-order valence-electron chi connectivity index (χ4n) is 2.02. The second kappa shape index (κ2) is 4.81. The Kier molecular flexibility index (Phi) is 3.14. The third-order valence-corrected chi connectivity index (χ3v) is 3.74. The predicted molar refractivity (Wildman–Crippen MR) is 78.8 cm³/mol. The molecule has 1 heterocycles. The number of rotatable bonds is 3. The van der Waals surface area contributed by atoms with Crippen LogP contribution in [0.3, 0.4) is 0 Å². The summed E-state index contributed by atoms with van der Waals surface area (Å²) in [6.07, 6.45) is 2.35. The molecular weight excluding hydrogens is 306 g/mol. The number of halogens is 1. The Morgan fingerprint density at radius 2 is 2.16 bits per heavy atom. The van der Waals surface area contributed by atoms with Crippen molar-refractivity contribution >= 4 is 21.6 Å². The maximum Gasteiger partial charge on any atom is 0.289 e. The Labute approximate surface area is 119 Å². The van der Waals surface area contributed by atoms with Crippen LogP contribution < -0.4 is 11.3 Å². The highest BCUT2D eigenvalue weighted by atomic mass is 79.9. The molecule has 4 nitrogen and oxygen atoms in total. The largest absolute Gasteiger partial charge is 0.394 e. The van der Waals surface area contributed by atoms with E-state index in [-0.39, 0.29) is 11.2 Å². The van der Waals surface area contributed by atoms with Gasteiger partial charge in [0.25, 0.3) is 5.56 Å². The lowest BCUT2D eigenvalue weighted by Gasteiger charge is -2.08. The lowest BCUT2D eigenvalue weighted by Crippen LogP contribution is -2.26. The van der Waals surface area contributed by atoms with Gasteiger partial charge in [-0.1, -0.05) is 28.1 Å². The third-order valence-electron chi connectivity index (χ3n) is 3.25. The molecule has 1 aliphatic rings. The van der Waals surface area contributed by atoms with Crippen molar-refractivity contribution < 1.29 is 0 Å². The van der Waals surface area contributed by atoms with Crippen molar-refractivity contribution in [1.82, 2.24) is 9.78 Å². The van der Waals surface area contributed by atoms with Crippen LogP contribution in [0.1, 0.15) is 12.8 Å². The van der Waals surface area contributed by atoms with Gasteiger partial charge in [0.15, 0.2) is 0 Å². The quantitative estimate of drug-likeness (QED) is 0.946. The SMILES string of the molecule is Nc1cc(-c2cccc(Br)c2)nn(CC2CC2)c1=O. The number of nitrogens with zero attached hydrogens (tertiary/aromatic N) is 2. The van der Waals surface area contributed by atoms with Gasteiger partial charge >= 0.3 is 0 Å². The van der Waals surface area contributed by atoms with E-state index in [9.17, 15) is 4.79 Å². The summed E-state index contributed by atoms with van der Waals surface area (Å²) in [5.41, 5.74) is 7.56. The highest BCUT2D eigenvalue weighted by Crippen LogP contribution is 2.30. The molecule has 2 aromatic rings. The monoisotopic (exact) mass is 319 g/mol. The highest BCUT2D eigenvalue weighted by Gasteiger charge is 2.23. The minimum absolute atomic E-state index is 0.189. The topological polar surface area (TPSA) is 60.9 Å². The maximum absolute atomic E-state index is 11.9. The van der Waals surface area contributed by atoms with Crippen LogP contribution in [0.4, 0.5) is 5.69 Å². The van der Waals surface area contributed by atoms with Gasteiger partial charge in [-0.3, -0.25) is 4.79 Å². The molecule has 1 saturated carbocycles. The molecule has 1 aliphatic carbocycles. The van der Waals surface area contributed by atoms with E-state index in [0.29, 0.717) is 12.5 Å². The van der Waals surface area contributed by atoms with Crippen molar-refractivity contribution in [2.24, 2.45) is 5.92 Å². The molecule has 0 aliphatic heterocycles. The molecule has 0 atom stereocenters. The molecule has 0 unspecified atom stereocenters. The summed E-state index contributed by atoms with van der Waals surface area (Å²) in [5.74, 6) is 0.586. The van der Waals surface area contributed by atoms with Gasteiger partial charge in [-0.25, -0.2) is 4.68 Å². The van der Waals surface area contributed by atoms with E-state index in [2.05, 4.69) is 21.0 Å². The zero-order valence-electron chi connectivity index (χ0n) is 10.3. The molecule has 0 spiro atoms. The van der Waals surface area contributed by atoms with E-state index in [1.54, 1.807) is 6.07 Å². The van der Waals surface area contributed by atoms with Crippen molar-refractivity contribution in [1.29, 1.82) is 0 Å². The fraction of sp³-hybridized carbons (Fsp3) is 0.286. The molecule has 0 radical (unpaired) electrons. The van der Waals surface area contributed by atoms with Gasteiger partial charge in [0.2, 0.25) is 0 Å². The summed E-state index contributed by atoms with van der Waals surface area (Å²) < 4.78 is 2.48. The summed E-state index contributed by atoms with van der Waals surface area (Å²) in [4.78, 5) is 11.9. The molecule has 0 saturated heterocycles. The van der Waals surface area contributed by atoms with Crippen LogP contribution in [0.2, 0.25) is 0 Å². The van der Waals surface area contributed by atoms with E-state index in [4.69, 9.17) is 5.73 Å². The lowest BCUT2D eigenvalue weighted by atomic mass is 10.1. The lowest BCUT2D eigenvalue weighted by molar-refractivity contribution is 0.537. The van der Waals surface area contributed by atoms with Gasteiger partial charge in [0.05, 0.1) is 5.69 Å². The van der Waals surface area contributed by atoms with Crippen molar-refractivity contribution in [2.45, 2.75) is 19.4 Å². The van der Waals surface area contributed by atoms with E-state index in [1.165, 1.54) is 17.5 Å². The van der Waals surface area contributed by atoms with Gasteiger partial charge in [0, 0.05) is 16.6 Å². The molecule has 5 heteroatoms. The average Bonchev–Trinajstić information content (AvgIpc) is 3.18. The number of aromatic nitrogens is 2. The first-order chi connectivity index (χ1) is 9.13. The van der Waals surface area contributed by atoms with Crippen LogP contribution >= 0.6 is 15.9 Å². The van der Waals surface area contributed by atoms with Crippen LogP contribution in [0.25, 0.3) is 11.3 Å². The first-order valence-electron chi connectivity index (χ1n) is 6.27. The summed E-state index contributed by atoms with van der Waals surface area (Å²) in [7, 11) is 0. The fourth-order valence-corrected chi connectivity index (χ4v) is 2.42. The molecule has 0 amide bonds. The summed E-state index contributed by atoms with van der Waals surface area (Å²) in [6.45, 7) is 0.672. The van der Waals surface area contributed by atoms with Crippen LogP contribution in [-0.4, -0.2) is 9.78 Å². The number of nitrogen functional groups attached to an aromatic ring is 1. The second-order valence-corrected chi connectivity index (χ2v) is 5.84. The minimum atomic E-state index is -0.189. The van der Waals surface area contributed by atoms with Gasteiger partial charge in [-0.05, 0) is 37.0 Å². The smallest absolute Gasteiger partial charge is 0.289 e. The predicted octanol–water partition coefficient (Wildman–Crippen LogP) is 2.67. The molecule has 1 aromatic carbocycles. The van der Waals surface area contributed by atoms with E-state index >= 15 is 0 Å². The van der Waals surface area contributed by atoms with E-state index in [1.807, 2.05) is 24.3 Å². The molecule has 3 rings (SSSR count). The van der Waals surface area contributed by atoms with Crippen molar-refractivity contribution in [3.63, 3.8) is 0 Å². The third kappa shape index (κ3) is 2.71. The minimum Gasteiger partial charge on any atom is -0.394 e. The maximum atomic E-state index is 11.9. The molecule has 1 fully saturated rings. The molecule has 19 heavy (non-hydrogen) atoms. The molecule has 98 valence electrons. The van der Waals surface area contributed by atoms with E-state index in [0.717, 1.165) is 15.7 Å². The van der Waals surface area contributed by atoms with Crippen LogP contribution in [-0.2, 0) is 6.54 Å². The highest BCUT2D eigenvalue weighted by molar-refractivity contribution is 9.10. The molecule has 2 N–H and O–H groups in total. The molecular formula is C14H14BrN3O. The summed E-state index contributed by atoms with van der Waals surface area (Å²) in [5, 5.41) is 4.43. The van der Waals surface area contributed by atoms with Gasteiger partial charge in [0.1, 0.15) is 5.69 Å². The van der Waals surface area contributed by atoms with Gasteiger partial charge < -0.3 is 5.73 Å². The van der Waals surface area contributed by atoms with Crippen molar-refractivity contribution in [2.75, 3.05) is 5.73 Å². The number of hydrogen-bond donors (Lipinski definition) is 1. The number of benzene rings is 1. The Morgan fingerprint density at radius 3 is 2.84 bits per heavy atom. The normalized spacial score (nSPS) is 14.6. The first kappa shape index (κ1) is 12.4. The number of hydrogen-bond acceptors (Lipinski definition) is 3. The van der Waals surface area contributed by atoms with E-state index < -0.39 is 0 Å². The van der Waals surface area contributed by atoms with Crippen molar-refractivity contribution in [3.8, 4) is 11.3 Å². The van der Waals surface area contributed by atoms with Crippen molar-refractivity contribution in [3.05, 3.63) is 45.2 Å². The van der Waals surface area contributed by atoms with Crippen LogP contribution in [0, 0.1) is 5.92 Å². The molecule has 0 bridgehead atoms. The summed E-state index contributed by atoms with van der Waals surface area (Å²) in [6, 6.07) is 9.46. The Balaban J connectivity index is 2.06. The van der Waals surface area contributed by atoms with Gasteiger partial charge in [-0.15, -0.1) is 0 Å². The molecule has 1 aromatic heterocycles. The number of nitrogens with two attached hydrogens (primary N) is 1. The van der Waals surface area contributed by atoms with Crippen LogP contribution in [0.15, 0.2) is 39.6 Å². The number of anilines is 1. The summed E-state index contributed by atoms with van der Waals surface area (Å²) >= 11 is 3.43. The zero-order chi connectivity index (χ0) is 13.4. The first-order valence-corrected chi connectivity index (χ1v) is 7.06. The average molecular weight is 320 g/mol. The van der Waals surface area contributed by atoms with Gasteiger partial charge in [-0.2, -0.15) is 5.10 Å². The Bertz CT molecular complexity index is 677. The van der Waals surface area contributed by atoms with Crippen LogP contribution in [0.5, 0.6) is 0 Å². The standard InChI is InChI=1S/C14H14BrN3O/c15-11-3-1-2-10(6-11)13-7-12(16)14(19)18(17-13)8-9-4-5-9/h1-3,6-7,9H,4-5,8,16H2. The zero-order valence-corrected chi connectivity index (χ0v) is 11.9.